The SMILES string of the molecule is C=C(C)[C@H]1CC=C(CNc2ccc(OC)c(OC)c2)CC1. The summed E-state index contributed by atoms with van der Waals surface area (Å²) in [5.41, 5.74) is 3.83. The minimum Gasteiger partial charge on any atom is -0.493 e. The average Bonchev–Trinajstić information content (AvgIpc) is 2.52. The third kappa shape index (κ3) is 4.03. The van der Waals surface area contributed by atoms with Crippen LogP contribution in [0.2, 0.25) is 0 Å². The summed E-state index contributed by atoms with van der Waals surface area (Å²) in [4.78, 5) is 0. The van der Waals surface area contributed by atoms with Crippen LogP contribution in [0.4, 0.5) is 5.69 Å². The fourth-order valence-electron chi connectivity index (χ4n) is 2.66. The topological polar surface area (TPSA) is 30.5 Å². The maximum absolute atomic E-state index is 5.32. The summed E-state index contributed by atoms with van der Waals surface area (Å²) in [6.45, 7) is 7.08. The lowest BCUT2D eigenvalue weighted by atomic mass is 9.85. The highest BCUT2D eigenvalue weighted by molar-refractivity contribution is 5.55. The van der Waals surface area contributed by atoms with E-state index >= 15 is 0 Å². The number of benzene rings is 1. The van der Waals surface area contributed by atoms with E-state index in [1.807, 2.05) is 18.2 Å². The molecule has 1 N–H and O–H groups in total. The molecule has 0 spiro atoms. The van der Waals surface area contributed by atoms with Crippen LogP contribution in [-0.2, 0) is 0 Å². The Kier molecular flexibility index (Phi) is 5.32. The first-order valence-electron chi connectivity index (χ1n) is 7.43. The molecule has 2 rings (SSSR count). The van der Waals surface area contributed by atoms with Gasteiger partial charge in [-0.25, -0.2) is 0 Å². The molecule has 1 aromatic carbocycles. The van der Waals surface area contributed by atoms with Crippen molar-refractivity contribution in [3.63, 3.8) is 0 Å². The number of nitrogens with one attached hydrogen (secondary N) is 1. The maximum Gasteiger partial charge on any atom is 0.162 e. The Hall–Kier alpha value is -1.90. The van der Waals surface area contributed by atoms with Gasteiger partial charge in [-0.1, -0.05) is 23.8 Å². The molecule has 1 aliphatic rings. The minimum atomic E-state index is 0.662. The Labute approximate surface area is 127 Å². The van der Waals surface area contributed by atoms with Gasteiger partial charge >= 0.3 is 0 Å². The lowest BCUT2D eigenvalue weighted by Crippen LogP contribution is -2.12. The maximum atomic E-state index is 5.32. The van der Waals surface area contributed by atoms with Crippen LogP contribution in [0.5, 0.6) is 11.5 Å². The number of ether oxygens (including phenoxy) is 2. The number of rotatable bonds is 6. The quantitative estimate of drug-likeness (QED) is 0.786. The summed E-state index contributed by atoms with van der Waals surface area (Å²) in [6, 6.07) is 5.91. The van der Waals surface area contributed by atoms with Crippen molar-refractivity contribution < 1.29 is 9.47 Å². The zero-order valence-electron chi connectivity index (χ0n) is 13.2. The Morgan fingerprint density at radius 1 is 1.29 bits per heavy atom. The Morgan fingerprint density at radius 2 is 2.05 bits per heavy atom. The second-order valence-corrected chi connectivity index (χ2v) is 5.60. The first kappa shape index (κ1) is 15.5. The molecule has 3 nitrogen and oxygen atoms in total. The highest BCUT2D eigenvalue weighted by Gasteiger charge is 2.14. The molecule has 21 heavy (non-hydrogen) atoms. The molecule has 0 saturated carbocycles. The largest absolute Gasteiger partial charge is 0.493 e. The van der Waals surface area contributed by atoms with Crippen molar-refractivity contribution in [2.45, 2.75) is 26.2 Å². The number of hydrogen-bond donors (Lipinski definition) is 1. The zero-order chi connectivity index (χ0) is 15.2. The van der Waals surface area contributed by atoms with Crippen molar-refractivity contribution in [3.8, 4) is 11.5 Å². The Balaban J connectivity index is 1.93. The van der Waals surface area contributed by atoms with E-state index in [9.17, 15) is 0 Å². The molecule has 0 radical (unpaired) electrons. The molecular weight excluding hydrogens is 262 g/mol. The molecule has 0 fully saturated rings. The first-order valence-corrected chi connectivity index (χ1v) is 7.43. The van der Waals surface area contributed by atoms with Gasteiger partial charge in [0, 0.05) is 18.3 Å². The van der Waals surface area contributed by atoms with Crippen molar-refractivity contribution in [3.05, 3.63) is 42.0 Å². The summed E-state index contributed by atoms with van der Waals surface area (Å²) in [6.07, 6.45) is 5.85. The Morgan fingerprint density at radius 3 is 2.62 bits per heavy atom. The van der Waals surface area contributed by atoms with Crippen LogP contribution in [0.3, 0.4) is 0 Å². The second-order valence-electron chi connectivity index (χ2n) is 5.60. The molecule has 0 unspecified atom stereocenters. The highest BCUT2D eigenvalue weighted by atomic mass is 16.5. The molecule has 1 atom stereocenters. The van der Waals surface area contributed by atoms with Crippen molar-refractivity contribution in [1.82, 2.24) is 0 Å². The van der Waals surface area contributed by atoms with Gasteiger partial charge in [-0.2, -0.15) is 0 Å². The van der Waals surface area contributed by atoms with Crippen molar-refractivity contribution in [2.24, 2.45) is 5.92 Å². The average molecular weight is 287 g/mol. The van der Waals surface area contributed by atoms with E-state index in [1.165, 1.54) is 17.6 Å². The summed E-state index contributed by atoms with van der Waals surface area (Å²) >= 11 is 0. The number of hydrogen-bond acceptors (Lipinski definition) is 3. The predicted octanol–water partition coefficient (Wildman–Crippen LogP) is 4.42. The molecule has 0 bridgehead atoms. The van der Waals surface area contributed by atoms with Crippen LogP contribution >= 0.6 is 0 Å². The van der Waals surface area contributed by atoms with Gasteiger partial charge in [-0.3, -0.25) is 0 Å². The molecule has 1 aromatic rings. The van der Waals surface area contributed by atoms with Gasteiger partial charge in [0.05, 0.1) is 14.2 Å². The first-order chi connectivity index (χ1) is 10.1. The number of methoxy groups -OCH3 is 2. The van der Waals surface area contributed by atoms with Crippen LogP contribution in [0.25, 0.3) is 0 Å². The van der Waals surface area contributed by atoms with E-state index in [0.29, 0.717) is 5.92 Å². The standard InChI is InChI=1S/C18H25NO2/c1-13(2)15-7-5-14(6-8-15)12-19-16-9-10-17(20-3)18(11-16)21-4/h5,9-11,15,19H,1,6-8,12H2,2-4H3/t15-/m0/s1. The molecular formula is C18H25NO2. The molecule has 0 saturated heterocycles. The third-order valence-electron chi connectivity index (χ3n) is 4.10. The summed E-state index contributed by atoms with van der Waals surface area (Å²) in [7, 11) is 3.30. The van der Waals surface area contributed by atoms with E-state index < -0.39 is 0 Å². The molecule has 114 valence electrons. The fourth-order valence-corrected chi connectivity index (χ4v) is 2.66. The fraction of sp³-hybridized carbons (Fsp3) is 0.444. The normalized spacial score (nSPS) is 17.9. The summed E-state index contributed by atoms with van der Waals surface area (Å²) in [5, 5.41) is 3.46. The predicted molar refractivity (Wildman–Crippen MR) is 88.3 cm³/mol. The van der Waals surface area contributed by atoms with E-state index in [4.69, 9.17) is 9.47 Å². The monoisotopic (exact) mass is 287 g/mol. The lowest BCUT2D eigenvalue weighted by molar-refractivity contribution is 0.355. The number of allylic oxidation sites excluding steroid dienone is 2. The smallest absolute Gasteiger partial charge is 0.162 e. The highest BCUT2D eigenvalue weighted by Crippen LogP contribution is 2.31. The van der Waals surface area contributed by atoms with Crippen molar-refractivity contribution in [2.75, 3.05) is 26.1 Å². The van der Waals surface area contributed by atoms with Crippen molar-refractivity contribution in [1.29, 1.82) is 0 Å². The molecule has 0 aliphatic heterocycles. The summed E-state index contributed by atoms with van der Waals surface area (Å²) in [5.74, 6) is 2.17. The van der Waals surface area contributed by atoms with Gasteiger partial charge in [-0.05, 0) is 44.2 Å². The van der Waals surface area contributed by atoms with Gasteiger partial charge < -0.3 is 14.8 Å². The lowest BCUT2D eigenvalue weighted by Gasteiger charge is -2.22. The molecule has 0 aromatic heterocycles. The second kappa shape index (κ2) is 7.21. The van der Waals surface area contributed by atoms with E-state index in [-0.39, 0.29) is 0 Å². The van der Waals surface area contributed by atoms with E-state index in [0.717, 1.165) is 36.6 Å². The molecule has 3 heteroatoms. The van der Waals surface area contributed by atoms with Gasteiger partial charge in [-0.15, -0.1) is 0 Å². The van der Waals surface area contributed by atoms with E-state index in [1.54, 1.807) is 14.2 Å². The molecule has 0 heterocycles. The molecule has 0 amide bonds. The van der Waals surface area contributed by atoms with Gasteiger partial charge in [0.1, 0.15) is 0 Å². The van der Waals surface area contributed by atoms with Crippen LogP contribution in [0, 0.1) is 5.92 Å². The van der Waals surface area contributed by atoms with Crippen LogP contribution < -0.4 is 14.8 Å². The van der Waals surface area contributed by atoms with Crippen LogP contribution in [0.15, 0.2) is 42.0 Å². The van der Waals surface area contributed by atoms with Gasteiger partial charge in [0.2, 0.25) is 0 Å². The van der Waals surface area contributed by atoms with Crippen LogP contribution in [-0.4, -0.2) is 20.8 Å². The van der Waals surface area contributed by atoms with E-state index in [2.05, 4.69) is 24.9 Å². The number of anilines is 1. The minimum absolute atomic E-state index is 0.662. The van der Waals surface area contributed by atoms with Crippen LogP contribution in [0.1, 0.15) is 26.2 Å². The Bertz CT molecular complexity index is 534. The summed E-state index contributed by atoms with van der Waals surface area (Å²) < 4.78 is 10.6. The van der Waals surface area contributed by atoms with Crippen molar-refractivity contribution >= 4 is 5.69 Å². The van der Waals surface area contributed by atoms with Gasteiger partial charge in [0.15, 0.2) is 11.5 Å². The molecule has 1 aliphatic carbocycles. The van der Waals surface area contributed by atoms with Gasteiger partial charge in [0.25, 0.3) is 0 Å². The zero-order valence-corrected chi connectivity index (χ0v) is 13.2. The third-order valence-corrected chi connectivity index (χ3v) is 4.10.